The van der Waals surface area contributed by atoms with E-state index in [0.717, 1.165) is 53.8 Å². The fourth-order valence-electron chi connectivity index (χ4n) is 4.57. The Morgan fingerprint density at radius 2 is 1.67 bits per heavy atom. The summed E-state index contributed by atoms with van der Waals surface area (Å²) >= 11 is 1.84. The van der Waals surface area contributed by atoms with Gasteiger partial charge in [0.25, 0.3) is 0 Å². The molecule has 0 radical (unpaired) electrons. The average Bonchev–Trinajstić information content (AvgIpc) is 2.83. The van der Waals surface area contributed by atoms with E-state index in [2.05, 4.69) is 16.9 Å². The molecule has 2 rings (SSSR count). The van der Waals surface area contributed by atoms with Gasteiger partial charge in [0, 0.05) is 37.7 Å². The van der Waals surface area contributed by atoms with Crippen LogP contribution in [-0.2, 0) is 19.6 Å². The second kappa shape index (κ2) is 14.0. The zero-order valence-corrected chi connectivity index (χ0v) is 23.7. The van der Waals surface area contributed by atoms with Crippen LogP contribution < -0.4 is 16.4 Å². The Labute approximate surface area is 220 Å². The molecule has 1 aromatic rings. The summed E-state index contributed by atoms with van der Waals surface area (Å²) in [4.78, 5) is 24.8. The molecule has 0 atom stereocenters. The van der Waals surface area contributed by atoms with E-state index in [4.69, 9.17) is 5.73 Å². The fraction of sp³-hybridized carbons (Fsp3) is 0.615. The Bertz CT molecular complexity index is 1010. The van der Waals surface area contributed by atoms with E-state index >= 15 is 0 Å². The van der Waals surface area contributed by atoms with Crippen molar-refractivity contribution in [2.24, 2.45) is 5.73 Å². The number of nitrogens with one attached hydrogen (secondary N) is 2. The maximum absolute atomic E-state index is 13.0. The Kier molecular flexibility index (Phi) is 11.8. The van der Waals surface area contributed by atoms with Gasteiger partial charge in [-0.1, -0.05) is 19.3 Å². The van der Waals surface area contributed by atoms with Gasteiger partial charge < -0.3 is 16.4 Å². The first-order valence-corrected chi connectivity index (χ1v) is 15.5. The van der Waals surface area contributed by atoms with Crippen LogP contribution in [0.5, 0.6) is 0 Å². The second-order valence-corrected chi connectivity index (χ2v) is 12.3. The molecule has 202 valence electrons. The van der Waals surface area contributed by atoms with Gasteiger partial charge in [-0.15, -0.1) is 0 Å². The van der Waals surface area contributed by atoms with Crippen LogP contribution in [0.2, 0.25) is 0 Å². The molecule has 2 amide bonds. The van der Waals surface area contributed by atoms with Crippen molar-refractivity contribution in [1.82, 2.24) is 9.62 Å². The number of carbonyl (C=O) groups is 2. The first kappa shape index (κ1) is 30.2. The predicted molar refractivity (Wildman–Crippen MR) is 150 cm³/mol. The fourth-order valence-corrected chi connectivity index (χ4v) is 6.23. The first-order valence-electron chi connectivity index (χ1n) is 12.6. The van der Waals surface area contributed by atoms with Gasteiger partial charge in [-0.3, -0.25) is 9.59 Å². The van der Waals surface area contributed by atoms with Crippen molar-refractivity contribution < 1.29 is 18.0 Å². The molecule has 8 nitrogen and oxygen atoms in total. The topological polar surface area (TPSA) is 122 Å². The predicted octanol–water partition coefficient (Wildman–Crippen LogP) is 3.79. The van der Waals surface area contributed by atoms with Crippen molar-refractivity contribution in [3.8, 4) is 0 Å². The summed E-state index contributed by atoms with van der Waals surface area (Å²) in [5.41, 5.74) is 8.24. The molecule has 0 unspecified atom stereocenters. The summed E-state index contributed by atoms with van der Waals surface area (Å²) in [6.45, 7) is 4.11. The number of sulfonamides is 1. The van der Waals surface area contributed by atoms with E-state index in [0.29, 0.717) is 6.42 Å². The third-order valence-electron chi connectivity index (χ3n) is 6.83. The van der Waals surface area contributed by atoms with Gasteiger partial charge in [-0.05, 0) is 86.4 Å². The van der Waals surface area contributed by atoms with Crippen LogP contribution in [0.15, 0.2) is 17.5 Å². The van der Waals surface area contributed by atoms with Crippen molar-refractivity contribution in [3.05, 3.63) is 34.2 Å². The molecule has 0 bridgehead atoms. The number of thioether (sulfide) groups is 1. The van der Waals surface area contributed by atoms with Crippen LogP contribution in [0.4, 0.5) is 5.69 Å². The average molecular weight is 539 g/mol. The number of carbonyl (C=O) groups excluding carboxylic acids is 2. The van der Waals surface area contributed by atoms with E-state index in [1.165, 1.54) is 16.1 Å². The van der Waals surface area contributed by atoms with Gasteiger partial charge in [0.05, 0.1) is 0 Å². The van der Waals surface area contributed by atoms with Crippen LogP contribution in [0, 0.1) is 13.8 Å². The van der Waals surface area contributed by atoms with Crippen LogP contribution in [-0.4, -0.2) is 62.2 Å². The normalized spacial score (nSPS) is 16.2. The molecule has 1 aliphatic heterocycles. The van der Waals surface area contributed by atoms with Crippen molar-refractivity contribution in [3.63, 3.8) is 0 Å². The number of hydrogen-bond acceptors (Lipinski definition) is 6. The third kappa shape index (κ3) is 8.52. The number of aryl methyl sites for hydroxylation is 2. The highest BCUT2D eigenvalue weighted by Crippen LogP contribution is 2.26. The minimum atomic E-state index is -3.69. The van der Waals surface area contributed by atoms with E-state index in [-0.39, 0.29) is 31.8 Å². The van der Waals surface area contributed by atoms with Gasteiger partial charge in [0.1, 0.15) is 5.54 Å². The summed E-state index contributed by atoms with van der Waals surface area (Å²) in [5.74, 6) is 0.342. The summed E-state index contributed by atoms with van der Waals surface area (Å²) in [5, 5.41) is 7.15. The molecule has 36 heavy (non-hydrogen) atoms. The highest BCUT2D eigenvalue weighted by Gasteiger charge is 2.43. The molecule has 1 heterocycles. The highest BCUT2D eigenvalue weighted by molar-refractivity contribution is 7.98. The Morgan fingerprint density at radius 3 is 2.22 bits per heavy atom. The summed E-state index contributed by atoms with van der Waals surface area (Å²) < 4.78 is 27.3. The number of amides is 2. The molecular formula is C26H42N4O4S2. The molecular weight excluding hydrogens is 496 g/mol. The number of piperidine rings is 1. The van der Waals surface area contributed by atoms with E-state index < -0.39 is 21.5 Å². The van der Waals surface area contributed by atoms with Gasteiger partial charge in [0.15, 0.2) is 0 Å². The van der Waals surface area contributed by atoms with Crippen LogP contribution in [0.1, 0.15) is 68.1 Å². The summed E-state index contributed by atoms with van der Waals surface area (Å²) in [6.07, 6.45) is 9.55. The highest BCUT2D eigenvalue weighted by atomic mass is 32.2. The molecule has 10 heteroatoms. The van der Waals surface area contributed by atoms with Crippen LogP contribution in [0.3, 0.4) is 0 Å². The Hall–Kier alpha value is -2.04. The van der Waals surface area contributed by atoms with Gasteiger partial charge >= 0.3 is 0 Å². The minimum absolute atomic E-state index is 0.113. The minimum Gasteiger partial charge on any atom is -0.388 e. The zero-order chi connectivity index (χ0) is 26.8. The second-order valence-electron chi connectivity index (χ2n) is 9.53. The maximum Gasteiger partial charge on any atom is 0.243 e. The number of primary amides is 1. The number of anilines is 1. The third-order valence-corrected chi connectivity index (χ3v) is 9.09. The van der Waals surface area contributed by atoms with E-state index in [1.54, 1.807) is 6.08 Å². The number of benzene rings is 1. The van der Waals surface area contributed by atoms with Gasteiger partial charge in [0.2, 0.25) is 21.8 Å². The molecule has 1 fully saturated rings. The SMILES string of the molecule is CNc1cc(C)c(C=CS(=O)(=O)N2CCC(NC(=O)CCCCCCCSC)(C(N)=O)CC2)c(C)c1. The van der Waals surface area contributed by atoms with E-state index in [9.17, 15) is 18.0 Å². The summed E-state index contributed by atoms with van der Waals surface area (Å²) in [7, 11) is -1.85. The molecule has 1 saturated heterocycles. The molecule has 1 aliphatic rings. The molecule has 0 aliphatic carbocycles. The Balaban J connectivity index is 1.95. The van der Waals surface area contributed by atoms with Gasteiger partial charge in [-0.25, -0.2) is 8.42 Å². The van der Waals surface area contributed by atoms with Crippen molar-refractivity contribution in [1.29, 1.82) is 0 Å². The molecule has 1 aromatic carbocycles. The van der Waals surface area contributed by atoms with Crippen molar-refractivity contribution in [2.75, 3.05) is 37.5 Å². The summed E-state index contributed by atoms with van der Waals surface area (Å²) in [6, 6.07) is 3.94. The van der Waals surface area contributed by atoms with Crippen molar-refractivity contribution >= 4 is 45.4 Å². The lowest BCUT2D eigenvalue weighted by molar-refractivity contribution is -0.133. The molecule has 0 saturated carbocycles. The number of rotatable bonds is 14. The number of unbranched alkanes of at least 4 members (excludes halogenated alkanes) is 4. The van der Waals surface area contributed by atoms with E-state index in [1.807, 2.05) is 44.8 Å². The number of nitrogens with zero attached hydrogens (tertiary/aromatic N) is 1. The van der Waals surface area contributed by atoms with Gasteiger partial charge in [-0.2, -0.15) is 16.1 Å². The molecule has 0 aromatic heterocycles. The Morgan fingerprint density at radius 1 is 1.08 bits per heavy atom. The lowest BCUT2D eigenvalue weighted by Crippen LogP contribution is -2.62. The van der Waals surface area contributed by atoms with Crippen LogP contribution in [0.25, 0.3) is 6.08 Å². The number of hydrogen-bond donors (Lipinski definition) is 3. The number of nitrogens with two attached hydrogens (primary N) is 1. The standard InChI is InChI=1S/C26H42N4O4S2/c1-20-18-22(28-3)19-21(2)23(20)11-17-36(33,34)30-14-12-26(13-15-30,25(27)32)29-24(31)10-8-6-5-7-9-16-35-4/h11,17-19,28H,5-10,12-16H2,1-4H3,(H2,27,32)(H,29,31). The largest absolute Gasteiger partial charge is 0.388 e. The van der Waals surface area contributed by atoms with Crippen LogP contribution >= 0.6 is 11.8 Å². The lowest BCUT2D eigenvalue weighted by Gasteiger charge is -2.39. The lowest BCUT2D eigenvalue weighted by atomic mass is 9.87. The van der Waals surface area contributed by atoms with Crippen molar-refractivity contribution in [2.45, 2.75) is 70.8 Å². The molecule has 4 N–H and O–H groups in total. The first-order chi connectivity index (χ1) is 17.0. The quantitative estimate of drug-likeness (QED) is 0.310. The monoisotopic (exact) mass is 538 g/mol. The molecule has 0 spiro atoms. The zero-order valence-electron chi connectivity index (χ0n) is 22.1. The maximum atomic E-state index is 13.0. The smallest absolute Gasteiger partial charge is 0.243 e.